The van der Waals surface area contributed by atoms with Crippen molar-refractivity contribution in [3.63, 3.8) is 0 Å². The molecule has 7 heteroatoms. The number of carbonyl (C=O) groups excluding carboxylic acids is 1. The monoisotopic (exact) mass is 371 g/mol. The molecule has 0 aromatic heterocycles. The lowest BCUT2D eigenvalue weighted by Gasteiger charge is -2.33. The highest BCUT2D eigenvalue weighted by atomic mass is 19.1. The van der Waals surface area contributed by atoms with E-state index >= 15 is 0 Å². The average Bonchev–Trinajstić information content (AvgIpc) is 2.69. The molecule has 1 fully saturated rings. The molecule has 1 heterocycles. The summed E-state index contributed by atoms with van der Waals surface area (Å²) < 4.78 is 13.0. The molecule has 2 amide bonds. The first-order valence-corrected chi connectivity index (χ1v) is 8.88. The zero-order valence-electron chi connectivity index (χ0n) is 14.8. The Balaban J connectivity index is 1.42. The Morgan fingerprint density at radius 1 is 1.04 bits per heavy atom. The highest BCUT2D eigenvalue weighted by Gasteiger charge is 2.22. The second-order valence-corrected chi connectivity index (χ2v) is 6.57. The lowest BCUT2D eigenvalue weighted by Crippen LogP contribution is -2.46. The van der Waals surface area contributed by atoms with Crippen LogP contribution in [0.4, 0.5) is 14.9 Å². The van der Waals surface area contributed by atoms with E-state index in [0.717, 1.165) is 24.1 Å². The predicted octanol–water partition coefficient (Wildman–Crippen LogP) is 3.31. The quantitative estimate of drug-likeness (QED) is 0.753. The smallest absolute Gasteiger partial charge is 0.335 e. The summed E-state index contributed by atoms with van der Waals surface area (Å²) in [6.45, 7) is 1.64. The Labute approximate surface area is 157 Å². The highest BCUT2D eigenvalue weighted by Crippen LogP contribution is 2.17. The van der Waals surface area contributed by atoms with E-state index in [9.17, 15) is 14.0 Å². The van der Waals surface area contributed by atoms with Gasteiger partial charge in [-0.2, -0.15) is 0 Å². The molecule has 6 nitrogen and oxygen atoms in total. The number of carboxylic acids is 1. The lowest BCUT2D eigenvalue weighted by molar-refractivity contribution is 0.0697. The Morgan fingerprint density at radius 2 is 1.67 bits per heavy atom. The zero-order valence-corrected chi connectivity index (χ0v) is 14.8. The molecule has 1 aliphatic heterocycles. The average molecular weight is 371 g/mol. The van der Waals surface area contributed by atoms with E-state index in [2.05, 4.69) is 10.6 Å². The largest absolute Gasteiger partial charge is 0.478 e. The standard InChI is InChI=1S/C20H22FN3O3/c21-16-5-7-17(8-6-16)23-18-9-11-24(12-10-18)20(27)22-13-14-1-3-15(4-2-14)19(25)26/h1-8,18,23H,9-13H2,(H,22,27)(H,25,26). The fraction of sp³-hybridized carbons (Fsp3) is 0.300. The molecule has 0 atom stereocenters. The predicted molar refractivity (Wildman–Crippen MR) is 100 cm³/mol. The minimum atomic E-state index is -0.970. The number of urea groups is 1. The van der Waals surface area contributed by atoms with Crippen LogP contribution >= 0.6 is 0 Å². The SMILES string of the molecule is O=C(O)c1ccc(CNC(=O)N2CCC(Nc3ccc(F)cc3)CC2)cc1. The van der Waals surface area contributed by atoms with Crippen LogP contribution in [-0.4, -0.2) is 41.1 Å². The first kappa shape index (κ1) is 18.7. The summed E-state index contributed by atoms with van der Waals surface area (Å²) >= 11 is 0. The van der Waals surface area contributed by atoms with E-state index in [1.807, 2.05) is 0 Å². The third-order valence-corrected chi connectivity index (χ3v) is 4.64. The Morgan fingerprint density at radius 3 is 2.26 bits per heavy atom. The number of nitrogens with zero attached hydrogens (tertiary/aromatic N) is 1. The first-order valence-electron chi connectivity index (χ1n) is 8.88. The van der Waals surface area contributed by atoms with Crippen molar-refractivity contribution < 1.29 is 19.1 Å². The van der Waals surface area contributed by atoms with Crippen molar-refractivity contribution in [3.05, 3.63) is 65.5 Å². The van der Waals surface area contributed by atoms with Gasteiger partial charge < -0.3 is 20.6 Å². The third kappa shape index (κ3) is 5.20. The third-order valence-electron chi connectivity index (χ3n) is 4.64. The molecule has 27 heavy (non-hydrogen) atoms. The molecule has 0 spiro atoms. The number of benzene rings is 2. The van der Waals surface area contributed by atoms with Gasteiger partial charge in [-0.3, -0.25) is 0 Å². The van der Waals surface area contributed by atoms with Gasteiger partial charge in [0.05, 0.1) is 5.56 Å². The van der Waals surface area contributed by atoms with Crippen LogP contribution in [0.5, 0.6) is 0 Å². The van der Waals surface area contributed by atoms with E-state index < -0.39 is 5.97 Å². The van der Waals surface area contributed by atoms with Crippen molar-refractivity contribution in [3.8, 4) is 0 Å². The molecule has 0 bridgehead atoms. The van der Waals surface area contributed by atoms with Crippen LogP contribution in [0.15, 0.2) is 48.5 Å². The Hall–Kier alpha value is -3.09. The van der Waals surface area contributed by atoms with Crippen molar-refractivity contribution in [1.29, 1.82) is 0 Å². The minimum Gasteiger partial charge on any atom is -0.478 e. The van der Waals surface area contributed by atoms with Gasteiger partial charge >= 0.3 is 12.0 Å². The number of likely N-dealkylation sites (tertiary alicyclic amines) is 1. The maximum absolute atomic E-state index is 13.0. The van der Waals surface area contributed by atoms with Gasteiger partial charge in [0.1, 0.15) is 5.82 Å². The Kier molecular flexibility index (Phi) is 5.90. The van der Waals surface area contributed by atoms with Crippen LogP contribution in [0.25, 0.3) is 0 Å². The molecule has 1 saturated heterocycles. The van der Waals surface area contributed by atoms with Gasteiger partial charge in [-0.15, -0.1) is 0 Å². The van der Waals surface area contributed by atoms with E-state index in [1.165, 1.54) is 24.3 Å². The molecular formula is C20H22FN3O3. The summed E-state index contributed by atoms with van der Waals surface area (Å²) in [6.07, 6.45) is 1.64. The van der Waals surface area contributed by atoms with Gasteiger partial charge in [0.2, 0.25) is 0 Å². The van der Waals surface area contributed by atoms with Gasteiger partial charge in [-0.05, 0) is 54.8 Å². The number of rotatable bonds is 5. The second kappa shape index (κ2) is 8.53. The molecule has 2 aromatic carbocycles. The number of nitrogens with one attached hydrogen (secondary N) is 2. The molecule has 0 unspecified atom stereocenters. The summed E-state index contributed by atoms with van der Waals surface area (Å²) in [4.78, 5) is 24.9. The lowest BCUT2D eigenvalue weighted by atomic mass is 10.0. The number of anilines is 1. The van der Waals surface area contributed by atoms with Gasteiger partial charge in [-0.25, -0.2) is 14.0 Å². The van der Waals surface area contributed by atoms with Crippen LogP contribution in [-0.2, 0) is 6.54 Å². The summed E-state index contributed by atoms with van der Waals surface area (Å²) in [5.41, 5.74) is 1.95. The number of aromatic carboxylic acids is 1. The fourth-order valence-electron chi connectivity index (χ4n) is 3.06. The number of hydrogen-bond acceptors (Lipinski definition) is 3. The summed E-state index contributed by atoms with van der Waals surface area (Å²) in [5.74, 6) is -1.23. The molecular weight excluding hydrogens is 349 g/mol. The van der Waals surface area contributed by atoms with Gasteiger partial charge in [0.15, 0.2) is 0 Å². The maximum Gasteiger partial charge on any atom is 0.335 e. The normalized spacial score (nSPS) is 14.6. The van der Waals surface area contributed by atoms with Crippen LogP contribution in [0.3, 0.4) is 0 Å². The van der Waals surface area contributed by atoms with Crippen LogP contribution in [0.1, 0.15) is 28.8 Å². The highest BCUT2D eigenvalue weighted by molar-refractivity contribution is 5.87. The molecule has 3 rings (SSSR count). The molecule has 0 saturated carbocycles. The summed E-state index contributed by atoms with van der Waals surface area (Å²) in [5, 5.41) is 15.1. The second-order valence-electron chi connectivity index (χ2n) is 6.57. The Bertz CT molecular complexity index is 785. The van der Waals surface area contributed by atoms with Gasteiger partial charge in [-0.1, -0.05) is 12.1 Å². The topological polar surface area (TPSA) is 81.7 Å². The van der Waals surface area contributed by atoms with Crippen molar-refractivity contribution in [2.75, 3.05) is 18.4 Å². The number of halogens is 1. The van der Waals surface area contributed by atoms with E-state index in [0.29, 0.717) is 19.6 Å². The van der Waals surface area contributed by atoms with Gasteiger partial charge in [0, 0.05) is 31.4 Å². The maximum atomic E-state index is 13.0. The number of hydrogen-bond donors (Lipinski definition) is 3. The molecule has 3 N–H and O–H groups in total. The van der Waals surface area contributed by atoms with Crippen molar-refractivity contribution in [1.82, 2.24) is 10.2 Å². The first-order chi connectivity index (χ1) is 13.0. The molecule has 142 valence electrons. The number of carbonyl (C=O) groups is 2. The van der Waals surface area contributed by atoms with E-state index in [4.69, 9.17) is 5.11 Å². The van der Waals surface area contributed by atoms with Crippen molar-refractivity contribution in [2.24, 2.45) is 0 Å². The van der Waals surface area contributed by atoms with E-state index in [-0.39, 0.29) is 23.5 Å². The molecule has 0 radical (unpaired) electrons. The summed E-state index contributed by atoms with van der Waals surface area (Å²) in [7, 11) is 0. The number of carboxylic acid groups (broad SMARTS) is 1. The minimum absolute atomic E-state index is 0.127. The van der Waals surface area contributed by atoms with Crippen molar-refractivity contribution in [2.45, 2.75) is 25.4 Å². The van der Waals surface area contributed by atoms with E-state index in [1.54, 1.807) is 29.2 Å². The zero-order chi connectivity index (χ0) is 19.2. The molecule has 1 aliphatic rings. The van der Waals surface area contributed by atoms with Crippen molar-refractivity contribution >= 4 is 17.7 Å². The number of piperidine rings is 1. The van der Waals surface area contributed by atoms with Crippen LogP contribution < -0.4 is 10.6 Å². The fourth-order valence-corrected chi connectivity index (χ4v) is 3.06. The van der Waals surface area contributed by atoms with Gasteiger partial charge in [0.25, 0.3) is 0 Å². The number of amides is 2. The van der Waals surface area contributed by atoms with Crippen LogP contribution in [0.2, 0.25) is 0 Å². The summed E-state index contributed by atoms with van der Waals surface area (Å²) in [6, 6.07) is 12.8. The van der Waals surface area contributed by atoms with Crippen LogP contribution in [0, 0.1) is 5.82 Å². The molecule has 0 aliphatic carbocycles. The molecule has 2 aromatic rings.